The summed E-state index contributed by atoms with van der Waals surface area (Å²) in [4.78, 5) is 22.8. The molecule has 1 amide bonds. The smallest absolute Gasteiger partial charge is 0.222 e. The van der Waals surface area contributed by atoms with E-state index in [1.54, 1.807) is 10.9 Å². The monoisotopic (exact) mass is 340 g/mol. The van der Waals surface area contributed by atoms with E-state index in [4.69, 9.17) is 9.47 Å². The van der Waals surface area contributed by atoms with Gasteiger partial charge in [-0.25, -0.2) is 4.68 Å². The first-order valence-electron chi connectivity index (χ1n) is 8.25. The van der Waals surface area contributed by atoms with Gasteiger partial charge in [0.15, 0.2) is 5.78 Å². The number of Topliss-reactive ketones (excluding diaryl/α,β-unsaturated/α-hetero) is 1. The first-order chi connectivity index (χ1) is 11.4. The third-order valence-corrected chi connectivity index (χ3v) is 3.28. The van der Waals surface area contributed by atoms with Gasteiger partial charge in [0, 0.05) is 11.8 Å². The van der Waals surface area contributed by atoms with E-state index in [1.165, 1.54) is 0 Å². The fraction of sp³-hybridized carbons (Fsp3) is 0.750. The maximum Gasteiger partial charge on any atom is 0.222 e. The van der Waals surface area contributed by atoms with Crippen molar-refractivity contribution in [2.45, 2.75) is 40.8 Å². The molecule has 0 aliphatic carbocycles. The lowest BCUT2D eigenvalue weighted by molar-refractivity contribution is -0.127. The van der Waals surface area contributed by atoms with E-state index in [0.29, 0.717) is 38.6 Å². The molecule has 1 aromatic rings. The number of ketones is 1. The Bertz CT molecular complexity index is 514. The number of carbonyl (C=O) groups is 2. The van der Waals surface area contributed by atoms with E-state index < -0.39 is 0 Å². The Hall–Kier alpha value is -1.80. The number of ether oxygens (including phenoxy) is 2. The molecule has 0 aliphatic heterocycles. The van der Waals surface area contributed by atoms with Crippen molar-refractivity contribution >= 4 is 11.7 Å². The molecule has 0 atom stereocenters. The molecule has 0 aliphatic rings. The topological polar surface area (TPSA) is 95.3 Å². The lowest BCUT2D eigenvalue weighted by Crippen LogP contribution is -2.27. The van der Waals surface area contributed by atoms with Crippen LogP contribution in [0.2, 0.25) is 0 Å². The molecule has 0 radical (unpaired) electrons. The van der Waals surface area contributed by atoms with Gasteiger partial charge in [-0.05, 0) is 0 Å². The highest BCUT2D eigenvalue weighted by Gasteiger charge is 2.08. The van der Waals surface area contributed by atoms with Crippen LogP contribution in [0.15, 0.2) is 6.20 Å². The highest BCUT2D eigenvalue weighted by atomic mass is 16.5. The third-order valence-electron chi connectivity index (χ3n) is 3.28. The molecule has 136 valence electrons. The second-order valence-electron chi connectivity index (χ2n) is 6.13. The summed E-state index contributed by atoms with van der Waals surface area (Å²) in [5.41, 5.74) is 0.708. The number of hydrogen-bond acceptors (Lipinski definition) is 6. The van der Waals surface area contributed by atoms with Crippen LogP contribution in [0, 0.1) is 11.8 Å². The predicted molar refractivity (Wildman–Crippen MR) is 88.2 cm³/mol. The highest BCUT2D eigenvalue weighted by Crippen LogP contribution is 1.97. The molecule has 1 N–H and O–H groups in total. The molecule has 0 fully saturated rings. The molecular weight excluding hydrogens is 312 g/mol. The van der Waals surface area contributed by atoms with Gasteiger partial charge in [-0.15, -0.1) is 5.10 Å². The van der Waals surface area contributed by atoms with Crippen LogP contribution >= 0.6 is 0 Å². The highest BCUT2D eigenvalue weighted by molar-refractivity contribution is 5.81. The summed E-state index contributed by atoms with van der Waals surface area (Å²) in [5.74, 6) is 0.0304. The normalized spacial score (nSPS) is 11.2. The summed E-state index contributed by atoms with van der Waals surface area (Å²) < 4.78 is 12.3. The molecule has 0 spiro atoms. The van der Waals surface area contributed by atoms with E-state index in [2.05, 4.69) is 15.6 Å². The van der Waals surface area contributed by atoms with Gasteiger partial charge in [0.05, 0.1) is 39.1 Å². The van der Waals surface area contributed by atoms with Crippen molar-refractivity contribution in [3.63, 3.8) is 0 Å². The number of rotatable bonds is 12. The molecule has 8 nitrogen and oxygen atoms in total. The van der Waals surface area contributed by atoms with Crippen LogP contribution in [0.25, 0.3) is 0 Å². The zero-order valence-corrected chi connectivity index (χ0v) is 14.9. The van der Waals surface area contributed by atoms with E-state index in [0.717, 1.165) is 0 Å². The Balaban J connectivity index is 2.09. The van der Waals surface area contributed by atoms with Crippen LogP contribution < -0.4 is 5.32 Å². The average molecular weight is 340 g/mol. The number of aromatic nitrogens is 3. The summed E-state index contributed by atoms with van der Waals surface area (Å²) in [5, 5.41) is 10.8. The summed E-state index contributed by atoms with van der Waals surface area (Å²) >= 11 is 0. The summed E-state index contributed by atoms with van der Waals surface area (Å²) in [6.45, 7) is 9.74. The van der Waals surface area contributed by atoms with Crippen molar-refractivity contribution in [3.8, 4) is 0 Å². The fourth-order valence-electron chi connectivity index (χ4n) is 1.63. The Labute approximate surface area is 142 Å². The van der Waals surface area contributed by atoms with E-state index in [-0.39, 0.29) is 30.1 Å². The van der Waals surface area contributed by atoms with Crippen molar-refractivity contribution in [1.82, 2.24) is 20.3 Å². The summed E-state index contributed by atoms with van der Waals surface area (Å²) in [6.07, 6.45) is 1.78. The number of carbonyl (C=O) groups excluding carboxylic acids is 2. The van der Waals surface area contributed by atoms with Crippen LogP contribution in [-0.2, 0) is 32.2 Å². The number of hydrogen-bond donors (Lipinski definition) is 1. The SMILES string of the molecule is CC(C)C(=O)COCCOCCn1cc(CNC(=O)C(C)C)nn1. The van der Waals surface area contributed by atoms with Crippen molar-refractivity contribution in [1.29, 1.82) is 0 Å². The Kier molecular flexibility index (Phi) is 9.18. The first kappa shape index (κ1) is 20.2. The average Bonchev–Trinajstić information content (AvgIpc) is 2.98. The van der Waals surface area contributed by atoms with Gasteiger partial charge in [-0.3, -0.25) is 9.59 Å². The maximum atomic E-state index is 11.5. The Morgan fingerprint density at radius 1 is 1.12 bits per heavy atom. The molecule has 1 heterocycles. The van der Waals surface area contributed by atoms with E-state index in [9.17, 15) is 9.59 Å². The molecule has 8 heteroatoms. The van der Waals surface area contributed by atoms with Crippen LogP contribution in [0.1, 0.15) is 33.4 Å². The zero-order valence-electron chi connectivity index (χ0n) is 14.9. The fourth-order valence-corrected chi connectivity index (χ4v) is 1.63. The molecule has 0 bridgehead atoms. The second kappa shape index (κ2) is 10.9. The van der Waals surface area contributed by atoms with Gasteiger partial charge >= 0.3 is 0 Å². The molecular formula is C16H28N4O4. The van der Waals surface area contributed by atoms with Crippen LogP contribution in [0.4, 0.5) is 0 Å². The third kappa shape index (κ3) is 8.16. The lowest BCUT2D eigenvalue weighted by Gasteiger charge is -2.07. The van der Waals surface area contributed by atoms with Crippen LogP contribution in [0.3, 0.4) is 0 Å². The van der Waals surface area contributed by atoms with Gasteiger partial charge in [-0.2, -0.15) is 0 Å². The predicted octanol–water partition coefficient (Wildman–Crippen LogP) is 0.809. The van der Waals surface area contributed by atoms with Gasteiger partial charge in [-0.1, -0.05) is 32.9 Å². The minimum atomic E-state index is -0.0495. The molecule has 24 heavy (non-hydrogen) atoms. The lowest BCUT2D eigenvalue weighted by atomic mass is 10.1. The first-order valence-corrected chi connectivity index (χ1v) is 8.25. The maximum absolute atomic E-state index is 11.5. The Morgan fingerprint density at radius 3 is 2.50 bits per heavy atom. The molecule has 0 saturated heterocycles. The molecule has 0 saturated carbocycles. The van der Waals surface area contributed by atoms with Crippen molar-refractivity contribution in [2.75, 3.05) is 26.4 Å². The standard InChI is InChI=1S/C16H28N4O4/c1-12(2)15(21)11-24-8-7-23-6-5-20-10-14(18-19-20)9-17-16(22)13(3)4/h10,12-13H,5-9,11H2,1-4H3,(H,17,22). The Morgan fingerprint density at radius 2 is 1.83 bits per heavy atom. The molecule has 0 unspecified atom stereocenters. The van der Waals surface area contributed by atoms with Gasteiger partial charge in [0.25, 0.3) is 0 Å². The summed E-state index contributed by atoms with van der Waals surface area (Å²) in [7, 11) is 0. The number of amides is 1. The van der Waals surface area contributed by atoms with Gasteiger partial charge in [0.2, 0.25) is 5.91 Å². The van der Waals surface area contributed by atoms with Crippen molar-refractivity contribution < 1.29 is 19.1 Å². The second-order valence-corrected chi connectivity index (χ2v) is 6.13. The zero-order chi connectivity index (χ0) is 17.9. The minimum Gasteiger partial charge on any atom is -0.377 e. The largest absolute Gasteiger partial charge is 0.377 e. The number of nitrogens with one attached hydrogen (secondary N) is 1. The quantitative estimate of drug-likeness (QED) is 0.566. The molecule has 0 aromatic carbocycles. The molecule has 1 aromatic heterocycles. The summed E-state index contributed by atoms with van der Waals surface area (Å²) in [6, 6.07) is 0. The van der Waals surface area contributed by atoms with Crippen LogP contribution in [-0.4, -0.2) is 53.1 Å². The van der Waals surface area contributed by atoms with Crippen molar-refractivity contribution in [3.05, 3.63) is 11.9 Å². The molecule has 1 rings (SSSR count). The van der Waals surface area contributed by atoms with Crippen molar-refractivity contribution in [2.24, 2.45) is 11.8 Å². The minimum absolute atomic E-state index is 0.00208. The van der Waals surface area contributed by atoms with Gasteiger partial charge in [0.1, 0.15) is 12.3 Å². The van der Waals surface area contributed by atoms with E-state index in [1.807, 2.05) is 27.7 Å². The number of nitrogens with zero attached hydrogens (tertiary/aromatic N) is 3. The van der Waals surface area contributed by atoms with E-state index >= 15 is 0 Å². The van der Waals surface area contributed by atoms with Crippen LogP contribution in [0.5, 0.6) is 0 Å². The van der Waals surface area contributed by atoms with Gasteiger partial charge < -0.3 is 14.8 Å².